The molecule has 1 aromatic rings. The molecule has 0 amide bonds. The molecule has 0 radical (unpaired) electrons. The smallest absolute Gasteiger partial charge is 0.132 e. The van der Waals surface area contributed by atoms with Gasteiger partial charge in [0.1, 0.15) is 12.1 Å². The normalized spacial score (nSPS) is 16.9. The van der Waals surface area contributed by atoms with Crippen LogP contribution in [-0.4, -0.2) is 52.6 Å². The molecule has 5 nitrogen and oxygen atoms in total. The van der Waals surface area contributed by atoms with Crippen LogP contribution in [0, 0.1) is 0 Å². The lowest BCUT2D eigenvalue weighted by Gasteiger charge is -2.35. The first-order valence-corrected chi connectivity index (χ1v) is 7.04. The SMILES string of the molecule is CC(C)c1cc(N2CCN(CC(N)=S)CC2)ncn1. The van der Waals surface area contributed by atoms with E-state index in [1.54, 1.807) is 6.33 Å². The summed E-state index contributed by atoms with van der Waals surface area (Å²) in [5.41, 5.74) is 6.67. The predicted molar refractivity (Wildman–Crippen MR) is 81.6 cm³/mol. The molecule has 0 aromatic carbocycles. The van der Waals surface area contributed by atoms with Crippen LogP contribution in [0.1, 0.15) is 25.5 Å². The topological polar surface area (TPSA) is 58.3 Å². The van der Waals surface area contributed by atoms with Gasteiger partial charge in [0, 0.05) is 44.5 Å². The van der Waals surface area contributed by atoms with Gasteiger partial charge in [-0.05, 0) is 5.92 Å². The van der Waals surface area contributed by atoms with Crippen LogP contribution in [0.5, 0.6) is 0 Å². The summed E-state index contributed by atoms with van der Waals surface area (Å²) >= 11 is 4.95. The molecule has 19 heavy (non-hydrogen) atoms. The van der Waals surface area contributed by atoms with Gasteiger partial charge < -0.3 is 10.6 Å². The highest BCUT2D eigenvalue weighted by Gasteiger charge is 2.18. The largest absolute Gasteiger partial charge is 0.392 e. The van der Waals surface area contributed by atoms with Crippen molar-refractivity contribution in [1.82, 2.24) is 14.9 Å². The highest BCUT2D eigenvalue weighted by atomic mass is 32.1. The summed E-state index contributed by atoms with van der Waals surface area (Å²) in [6.45, 7) is 8.85. The van der Waals surface area contributed by atoms with Crippen LogP contribution >= 0.6 is 12.2 Å². The Hall–Kier alpha value is -1.27. The van der Waals surface area contributed by atoms with Crippen molar-refractivity contribution in [2.75, 3.05) is 37.6 Å². The molecule has 0 bridgehead atoms. The Bertz CT molecular complexity index is 440. The van der Waals surface area contributed by atoms with Gasteiger partial charge in [-0.25, -0.2) is 9.97 Å². The molecular formula is C13H21N5S. The number of thiocarbonyl (C=S) groups is 1. The van der Waals surface area contributed by atoms with Crippen molar-refractivity contribution >= 4 is 23.0 Å². The van der Waals surface area contributed by atoms with Crippen LogP contribution in [0.4, 0.5) is 5.82 Å². The molecule has 0 spiro atoms. The third kappa shape index (κ3) is 3.84. The molecule has 0 saturated carbocycles. The van der Waals surface area contributed by atoms with Crippen molar-refractivity contribution in [2.45, 2.75) is 19.8 Å². The van der Waals surface area contributed by atoms with Crippen molar-refractivity contribution in [3.8, 4) is 0 Å². The molecule has 2 heterocycles. The quantitative estimate of drug-likeness (QED) is 0.830. The third-order valence-corrected chi connectivity index (χ3v) is 3.47. The average molecular weight is 279 g/mol. The highest BCUT2D eigenvalue weighted by Crippen LogP contribution is 2.18. The summed E-state index contributed by atoms with van der Waals surface area (Å²) < 4.78 is 0. The van der Waals surface area contributed by atoms with E-state index in [2.05, 4.69) is 39.7 Å². The Morgan fingerprint density at radius 3 is 2.58 bits per heavy atom. The van der Waals surface area contributed by atoms with E-state index in [1.165, 1.54) is 0 Å². The van der Waals surface area contributed by atoms with Gasteiger partial charge in [-0.2, -0.15) is 0 Å². The van der Waals surface area contributed by atoms with Crippen LogP contribution in [0.15, 0.2) is 12.4 Å². The first-order chi connectivity index (χ1) is 9.06. The lowest BCUT2D eigenvalue weighted by atomic mass is 10.1. The summed E-state index contributed by atoms with van der Waals surface area (Å²) in [6.07, 6.45) is 1.66. The zero-order valence-corrected chi connectivity index (χ0v) is 12.4. The number of nitrogens with zero attached hydrogens (tertiary/aromatic N) is 4. The van der Waals surface area contributed by atoms with Crippen LogP contribution in [0.2, 0.25) is 0 Å². The van der Waals surface area contributed by atoms with Crippen molar-refractivity contribution in [1.29, 1.82) is 0 Å². The maximum atomic E-state index is 5.58. The van der Waals surface area contributed by atoms with Crippen LogP contribution < -0.4 is 10.6 Å². The number of nitrogens with two attached hydrogens (primary N) is 1. The molecule has 0 unspecified atom stereocenters. The standard InChI is InChI=1S/C13H21N5S/c1-10(2)11-7-13(16-9-15-11)18-5-3-17(4-6-18)8-12(14)19/h7,9-10H,3-6,8H2,1-2H3,(H2,14,19). The van der Waals surface area contributed by atoms with Gasteiger partial charge in [0.15, 0.2) is 0 Å². The first-order valence-electron chi connectivity index (χ1n) is 6.64. The van der Waals surface area contributed by atoms with Crippen LogP contribution in [0.25, 0.3) is 0 Å². The lowest BCUT2D eigenvalue weighted by molar-refractivity contribution is 0.291. The van der Waals surface area contributed by atoms with E-state index in [1.807, 2.05) is 0 Å². The predicted octanol–water partition coefficient (Wildman–Crippen LogP) is 1.01. The summed E-state index contributed by atoms with van der Waals surface area (Å²) in [5, 5.41) is 0. The van der Waals surface area contributed by atoms with Gasteiger partial charge in [-0.3, -0.25) is 4.90 Å². The Morgan fingerprint density at radius 1 is 1.32 bits per heavy atom. The molecule has 104 valence electrons. The van der Waals surface area contributed by atoms with E-state index in [-0.39, 0.29) is 0 Å². The molecule has 1 aliphatic rings. The van der Waals surface area contributed by atoms with E-state index in [0.717, 1.165) is 37.7 Å². The Balaban J connectivity index is 1.97. The molecule has 1 aliphatic heterocycles. The Morgan fingerprint density at radius 2 is 2.00 bits per heavy atom. The average Bonchev–Trinajstić information content (AvgIpc) is 2.39. The number of piperazine rings is 1. The molecule has 0 atom stereocenters. The minimum Gasteiger partial charge on any atom is -0.392 e. The van der Waals surface area contributed by atoms with Gasteiger partial charge in [0.25, 0.3) is 0 Å². The molecule has 0 aliphatic carbocycles. The monoisotopic (exact) mass is 279 g/mol. The summed E-state index contributed by atoms with van der Waals surface area (Å²) in [4.78, 5) is 13.8. The maximum absolute atomic E-state index is 5.58. The van der Waals surface area contributed by atoms with E-state index in [9.17, 15) is 0 Å². The highest BCUT2D eigenvalue weighted by molar-refractivity contribution is 7.80. The van der Waals surface area contributed by atoms with E-state index in [0.29, 0.717) is 17.5 Å². The van der Waals surface area contributed by atoms with Gasteiger partial charge in [0.05, 0.1) is 4.99 Å². The summed E-state index contributed by atoms with van der Waals surface area (Å²) in [7, 11) is 0. The lowest BCUT2D eigenvalue weighted by Crippen LogP contribution is -2.48. The number of rotatable bonds is 4. The second-order valence-electron chi connectivity index (χ2n) is 5.19. The molecule has 2 rings (SSSR count). The molecular weight excluding hydrogens is 258 g/mol. The number of aromatic nitrogens is 2. The van der Waals surface area contributed by atoms with E-state index < -0.39 is 0 Å². The number of hydrogen-bond acceptors (Lipinski definition) is 5. The fraction of sp³-hybridized carbons (Fsp3) is 0.615. The summed E-state index contributed by atoms with van der Waals surface area (Å²) in [6, 6.07) is 2.09. The van der Waals surface area contributed by atoms with Gasteiger partial charge in [-0.15, -0.1) is 0 Å². The number of hydrogen-bond donors (Lipinski definition) is 1. The molecule has 1 fully saturated rings. The Labute approximate surface area is 119 Å². The van der Waals surface area contributed by atoms with Gasteiger partial charge >= 0.3 is 0 Å². The number of anilines is 1. The minimum absolute atomic E-state index is 0.428. The fourth-order valence-corrected chi connectivity index (χ4v) is 2.39. The zero-order chi connectivity index (χ0) is 13.8. The van der Waals surface area contributed by atoms with E-state index in [4.69, 9.17) is 18.0 Å². The third-order valence-electron chi connectivity index (χ3n) is 3.34. The van der Waals surface area contributed by atoms with Crippen LogP contribution in [0.3, 0.4) is 0 Å². The zero-order valence-electron chi connectivity index (χ0n) is 11.5. The molecule has 6 heteroatoms. The minimum atomic E-state index is 0.428. The van der Waals surface area contributed by atoms with Crippen molar-refractivity contribution < 1.29 is 0 Å². The van der Waals surface area contributed by atoms with Gasteiger partial charge in [0.2, 0.25) is 0 Å². The van der Waals surface area contributed by atoms with Crippen molar-refractivity contribution in [2.24, 2.45) is 5.73 Å². The molecule has 2 N–H and O–H groups in total. The maximum Gasteiger partial charge on any atom is 0.132 e. The first kappa shape index (κ1) is 14.1. The van der Waals surface area contributed by atoms with Gasteiger partial charge in [-0.1, -0.05) is 26.1 Å². The second kappa shape index (κ2) is 6.25. The van der Waals surface area contributed by atoms with E-state index >= 15 is 0 Å². The summed E-state index contributed by atoms with van der Waals surface area (Å²) in [5.74, 6) is 1.45. The van der Waals surface area contributed by atoms with Crippen molar-refractivity contribution in [3.63, 3.8) is 0 Å². The fourth-order valence-electron chi connectivity index (χ4n) is 2.21. The Kier molecular flexibility index (Phi) is 4.66. The van der Waals surface area contributed by atoms with Crippen molar-refractivity contribution in [3.05, 3.63) is 18.1 Å². The molecule has 1 saturated heterocycles. The second-order valence-corrected chi connectivity index (χ2v) is 5.71. The molecule has 1 aromatic heterocycles. The van der Waals surface area contributed by atoms with Crippen LogP contribution in [-0.2, 0) is 0 Å².